The van der Waals surface area contributed by atoms with Gasteiger partial charge < -0.3 is 14.6 Å². The van der Waals surface area contributed by atoms with E-state index in [9.17, 15) is 19.5 Å². The van der Waals surface area contributed by atoms with Gasteiger partial charge in [0, 0.05) is 24.5 Å². The number of hydrogen-bond acceptors (Lipinski definition) is 6. The highest BCUT2D eigenvalue weighted by atomic mass is 127. The van der Waals surface area contributed by atoms with Gasteiger partial charge in [-0.3, -0.25) is 9.59 Å². The number of benzene rings is 1. The van der Waals surface area contributed by atoms with Crippen LogP contribution in [0.2, 0.25) is 0 Å². The van der Waals surface area contributed by atoms with Crippen molar-refractivity contribution in [1.29, 1.82) is 0 Å². The average molecular weight is 710 g/mol. The number of alkyl halides is 2. The van der Waals surface area contributed by atoms with E-state index in [1.165, 1.54) is 6.92 Å². The molecule has 7 nitrogen and oxygen atoms in total. The Hall–Kier alpha value is -2.24. The molecule has 1 aromatic rings. The van der Waals surface area contributed by atoms with E-state index in [0.717, 1.165) is 18.1 Å². The summed E-state index contributed by atoms with van der Waals surface area (Å²) in [7, 11) is 0. The molecule has 2 aliphatic rings. The topological polar surface area (TPSA) is 102 Å². The van der Waals surface area contributed by atoms with Crippen molar-refractivity contribution < 1.29 is 33.4 Å². The van der Waals surface area contributed by atoms with Crippen molar-refractivity contribution in [3.05, 3.63) is 53.6 Å². The molecule has 2 aliphatic heterocycles. The lowest BCUT2D eigenvalue weighted by Crippen LogP contribution is -2.53. The lowest BCUT2D eigenvalue weighted by atomic mass is 9.71. The van der Waals surface area contributed by atoms with Crippen LogP contribution in [0.3, 0.4) is 0 Å². The first-order valence-electron chi connectivity index (χ1n) is 14.9. The van der Waals surface area contributed by atoms with Crippen LogP contribution in [0, 0.1) is 23.7 Å². The van der Waals surface area contributed by atoms with Crippen molar-refractivity contribution in [3.63, 3.8) is 0 Å². The van der Waals surface area contributed by atoms with Crippen LogP contribution in [-0.4, -0.2) is 56.1 Å². The Bertz CT molecular complexity index is 1270. The lowest BCUT2D eigenvalue weighted by Gasteiger charge is -2.42. The zero-order valence-corrected chi connectivity index (χ0v) is 28.4. The Labute approximate surface area is 268 Å². The molecule has 0 aromatic heterocycles. The van der Waals surface area contributed by atoms with Gasteiger partial charge in [-0.2, -0.15) is 0 Å². The van der Waals surface area contributed by atoms with Crippen LogP contribution in [0.5, 0.6) is 0 Å². The fourth-order valence-corrected chi connectivity index (χ4v) is 7.21. The molecule has 2 fully saturated rings. The van der Waals surface area contributed by atoms with Crippen molar-refractivity contribution >= 4 is 52.0 Å². The molecule has 0 aliphatic carbocycles. The predicted molar refractivity (Wildman–Crippen MR) is 175 cm³/mol. The number of aliphatic imine (C=N–C) groups is 1. The van der Waals surface area contributed by atoms with Gasteiger partial charge in [-0.05, 0) is 92.0 Å². The number of amides is 1. The number of carbonyl (C=O) groups excluding carboxylic acids is 3. The van der Waals surface area contributed by atoms with E-state index in [-0.39, 0.29) is 24.9 Å². The van der Waals surface area contributed by atoms with E-state index in [1.807, 2.05) is 69.3 Å². The quantitative estimate of drug-likeness (QED) is 0.156. The molecule has 2 heterocycles. The number of aliphatic hydroxyl groups is 1. The zero-order valence-electron chi connectivity index (χ0n) is 26.2. The van der Waals surface area contributed by atoms with Crippen molar-refractivity contribution in [2.75, 3.05) is 6.61 Å². The second kappa shape index (κ2) is 14.2. The number of ether oxygens (including phenoxy) is 2. The molecule has 8 atom stereocenters. The molecule has 9 heteroatoms. The van der Waals surface area contributed by atoms with Gasteiger partial charge in [-0.15, -0.1) is 0 Å². The summed E-state index contributed by atoms with van der Waals surface area (Å²) in [6.07, 6.45) is 7.49. The number of halogens is 2. The fourth-order valence-electron chi connectivity index (χ4n) is 6.52. The Balaban J connectivity index is 2.21. The van der Waals surface area contributed by atoms with Crippen LogP contribution in [0.1, 0.15) is 79.7 Å². The summed E-state index contributed by atoms with van der Waals surface area (Å²) >= 11 is 1.80. The smallest absolute Gasteiger partial charge is 0.352 e. The SMILES string of the molecule is CC(=O)/N=C1\[C@H](C)C[C@]2(C)C[C@@H](C)C(=O)[C@](C)(F)C(=O)O[C@H](I)[C@@](C)(O)[C@H](CC/C(=C\C=C\c3ccccc3)CO2)[C@H]1C. The van der Waals surface area contributed by atoms with Crippen LogP contribution < -0.4 is 0 Å². The number of ketones is 1. The molecule has 43 heavy (non-hydrogen) atoms. The first kappa shape index (κ1) is 35.2. The molecule has 1 N–H and O–H groups in total. The van der Waals surface area contributed by atoms with Gasteiger partial charge in [0.05, 0.1) is 12.2 Å². The lowest BCUT2D eigenvalue weighted by molar-refractivity contribution is -0.174. The first-order valence-corrected chi connectivity index (χ1v) is 16.2. The highest BCUT2D eigenvalue weighted by Gasteiger charge is 2.52. The summed E-state index contributed by atoms with van der Waals surface area (Å²) in [5, 5.41) is 12.0. The van der Waals surface area contributed by atoms with Gasteiger partial charge in [-0.25, -0.2) is 14.2 Å². The number of carbonyl (C=O) groups is 3. The number of cyclic esters (lactones) is 1. The molecule has 1 amide bonds. The summed E-state index contributed by atoms with van der Waals surface area (Å²) in [6.45, 7) is 11.5. The van der Waals surface area contributed by atoms with E-state index >= 15 is 4.39 Å². The Morgan fingerprint density at radius 2 is 1.72 bits per heavy atom. The molecule has 0 unspecified atom stereocenters. The summed E-state index contributed by atoms with van der Waals surface area (Å²) in [6, 6.07) is 9.90. The number of hydrogen-bond donors (Lipinski definition) is 1. The second-order valence-electron chi connectivity index (χ2n) is 12.8. The summed E-state index contributed by atoms with van der Waals surface area (Å²) in [5.74, 6) is -4.68. The van der Waals surface area contributed by atoms with Crippen LogP contribution >= 0.6 is 22.6 Å². The van der Waals surface area contributed by atoms with Crippen molar-refractivity contribution in [3.8, 4) is 0 Å². The van der Waals surface area contributed by atoms with E-state index in [2.05, 4.69) is 4.99 Å². The van der Waals surface area contributed by atoms with Crippen molar-refractivity contribution in [2.45, 2.75) is 95.1 Å². The van der Waals surface area contributed by atoms with Crippen molar-refractivity contribution in [1.82, 2.24) is 0 Å². The molecular weight excluding hydrogens is 664 g/mol. The van der Waals surface area contributed by atoms with Gasteiger partial charge in [-0.1, -0.05) is 69.3 Å². The normalized spacial score (nSPS) is 38.8. The number of allylic oxidation sites excluding steroid dienone is 2. The molecule has 2 saturated heterocycles. The third kappa shape index (κ3) is 8.69. The molecule has 236 valence electrons. The van der Waals surface area contributed by atoms with Crippen LogP contribution in [0.25, 0.3) is 6.08 Å². The third-order valence-electron chi connectivity index (χ3n) is 8.85. The van der Waals surface area contributed by atoms with Gasteiger partial charge in [0.1, 0.15) is 5.60 Å². The number of nitrogens with zero attached hydrogens (tertiary/aromatic N) is 1. The van der Waals surface area contributed by atoms with Crippen LogP contribution in [0.15, 0.2) is 53.0 Å². The average Bonchev–Trinajstić information content (AvgIpc) is 2.94. The zero-order chi connectivity index (χ0) is 32.2. The fraction of sp³-hybridized carbons (Fsp3) is 0.588. The Morgan fingerprint density at radius 1 is 1.09 bits per heavy atom. The van der Waals surface area contributed by atoms with Gasteiger partial charge in [0.2, 0.25) is 5.91 Å². The van der Waals surface area contributed by atoms with Crippen LogP contribution in [0.4, 0.5) is 4.39 Å². The number of Topliss-reactive ketones (excluding diaryl/α,β-unsaturated/α-hetero) is 1. The monoisotopic (exact) mass is 709 g/mol. The number of esters is 1. The minimum Gasteiger partial charge on any atom is -0.446 e. The van der Waals surface area contributed by atoms with Gasteiger partial charge >= 0.3 is 5.97 Å². The molecule has 2 bridgehead atoms. The molecular formula is C34H45FINO6. The Kier molecular flexibility index (Phi) is 11.7. The summed E-state index contributed by atoms with van der Waals surface area (Å²) in [4.78, 5) is 43.2. The maximum absolute atomic E-state index is 15.8. The standard InChI is InChI=1S/C34H45FINO6/c1-21-18-32(5)19-22(2)29(39)33(6,35)31(40)43-30(36)34(7,41)27(23(3)28(21)37-24(4)38)17-16-26(20-42-32)15-11-14-25-12-9-8-10-13-25/h8-15,21-23,27,30,41H,16-20H2,1-7H3/b14-11+,26-15+,37-28+/t21-,22-,23-,27-,30+,32-,33+,34+/m1/s1. The Morgan fingerprint density at radius 3 is 2.35 bits per heavy atom. The van der Waals surface area contributed by atoms with Crippen molar-refractivity contribution in [2.24, 2.45) is 28.7 Å². The third-order valence-corrected chi connectivity index (χ3v) is 10.4. The second-order valence-corrected chi connectivity index (χ2v) is 14.0. The minimum atomic E-state index is -2.90. The highest BCUT2D eigenvalue weighted by Crippen LogP contribution is 2.42. The van der Waals surface area contributed by atoms with Crippen LogP contribution in [-0.2, 0) is 23.9 Å². The molecule has 0 spiro atoms. The van der Waals surface area contributed by atoms with Gasteiger partial charge in [0.25, 0.3) is 5.67 Å². The molecule has 0 radical (unpaired) electrons. The van der Waals surface area contributed by atoms with E-state index in [1.54, 1.807) is 36.4 Å². The van der Waals surface area contributed by atoms with E-state index < -0.39 is 50.5 Å². The summed E-state index contributed by atoms with van der Waals surface area (Å²) < 4.78 is 26.7. The molecule has 3 rings (SSSR count). The highest BCUT2D eigenvalue weighted by molar-refractivity contribution is 14.1. The van der Waals surface area contributed by atoms with E-state index in [4.69, 9.17) is 9.47 Å². The largest absolute Gasteiger partial charge is 0.446 e. The number of fused-ring (bicyclic) bond motifs is 5. The maximum Gasteiger partial charge on any atom is 0.352 e. The summed E-state index contributed by atoms with van der Waals surface area (Å²) in [5.41, 5.74) is -2.85. The minimum absolute atomic E-state index is 0.145. The predicted octanol–water partition coefficient (Wildman–Crippen LogP) is 6.85. The first-order chi connectivity index (χ1) is 20.0. The van der Waals surface area contributed by atoms with E-state index in [0.29, 0.717) is 25.0 Å². The maximum atomic E-state index is 15.8. The molecule has 0 saturated carbocycles. The number of rotatable bonds is 2. The molecule has 1 aromatic carbocycles. The van der Waals surface area contributed by atoms with Gasteiger partial charge in [0.15, 0.2) is 9.89 Å².